The highest BCUT2D eigenvalue weighted by Crippen LogP contribution is 2.32. The molecule has 4 nitrogen and oxygen atoms in total. The fourth-order valence-corrected chi connectivity index (χ4v) is 3.37. The molecule has 4 heteroatoms. The van der Waals surface area contributed by atoms with Crippen molar-refractivity contribution in [2.24, 2.45) is 17.4 Å². The molecular weight excluding hydrogens is 228 g/mol. The summed E-state index contributed by atoms with van der Waals surface area (Å²) in [4.78, 5) is 11.4. The predicted octanol–water partition coefficient (Wildman–Crippen LogP) is 1.71. The summed E-state index contributed by atoms with van der Waals surface area (Å²) in [6.45, 7) is 2.28. The molecule has 1 amide bonds. The van der Waals surface area contributed by atoms with Crippen molar-refractivity contribution in [3.05, 3.63) is 0 Å². The van der Waals surface area contributed by atoms with Gasteiger partial charge in [-0.3, -0.25) is 4.79 Å². The van der Waals surface area contributed by atoms with E-state index in [0.29, 0.717) is 18.9 Å². The van der Waals surface area contributed by atoms with Gasteiger partial charge in [0.15, 0.2) is 0 Å². The SMILES string of the molecule is CC1CCCC(OC2CCCC(N)(C(N)=O)C2)C1. The third kappa shape index (κ3) is 3.23. The van der Waals surface area contributed by atoms with Crippen molar-refractivity contribution in [2.45, 2.75) is 76.0 Å². The average molecular weight is 254 g/mol. The molecule has 0 bridgehead atoms. The lowest BCUT2D eigenvalue weighted by atomic mass is 9.80. The van der Waals surface area contributed by atoms with E-state index >= 15 is 0 Å². The van der Waals surface area contributed by atoms with Crippen LogP contribution in [0.15, 0.2) is 0 Å². The van der Waals surface area contributed by atoms with E-state index in [4.69, 9.17) is 16.2 Å². The van der Waals surface area contributed by atoms with Crippen LogP contribution in [0.3, 0.4) is 0 Å². The van der Waals surface area contributed by atoms with Crippen molar-refractivity contribution < 1.29 is 9.53 Å². The van der Waals surface area contributed by atoms with Gasteiger partial charge in [0.1, 0.15) is 0 Å². The Bertz CT molecular complexity index is 308. The van der Waals surface area contributed by atoms with E-state index in [0.717, 1.165) is 31.6 Å². The second kappa shape index (κ2) is 5.57. The first-order valence-corrected chi connectivity index (χ1v) is 7.24. The molecule has 4 unspecified atom stereocenters. The van der Waals surface area contributed by atoms with Crippen LogP contribution in [0.1, 0.15) is 58.3 Å². The number of carbonyl (C=O) groups is 1. The molecule has 4 atom stereocenters. The zero-order valence-corrected chi connectivity index (χ0v) is 11.4. The Labute approximate surface area is 109 Å². The summed E-state index contributed by atoms with van der Waals surface area (Å²) in [5.41, 5.74) is 10.6. The molecular formula is C14H26N2O2. The van der Waals surface area contributed by atoms with Crippen molar-refractivity contribution in [1.29, 1.82) is 0 Å². The van der Waals surface area contributed by atoms with Crippen LogP contribution >= 0.6 is 0 Å². The number of nitrogens with two attached hydrogens (primary N) is 2. The van der Waals surface area contributed by atoms with Crippen LogP contribution < -0.4 is 11.5 Å². The van der Waals surface area contributed by atoms with Gasteiger partial charge in [-0.1, -0.05) is 19.8 Å². The van der Waals surface area contributed by atoms with E-state index in [1.165, 1.54) is 12.8 Å². The van der Waals surface area contributed by atoms with Gasteiger partial charge in [-0.15, -0.1) is 0 Å². The van der Waals surface area contributed by atoms with Crippen LogP contribution in [0.5, 0.6) is 0 Å². The van der Waals surface area contributed by atoms with E-state index < -0.39 is 5.54 Å². The maximum atomic E-state index is 11.4. The number of primary amides is 1. The van der Waals surface area contributed by atoms with Gasteiger partial charge in [-0.25, -0.2) is 0 Å². The number of hydrogen-bond acceptors (Lipinski definition) is 3. The topological polar surface area (TPSA) is 78.3 Å². The Hall–Kier alpha value is -0.610. The van der Waals surface area contributed by atoms with E-state index in [1.807, 2.05) is 0 Å². The molecule has 2 fully saturated rings. The first-order chi connectivity index (χ1) is 8.49. The molecule has 0 spiro atoms. The first-order valence-electron chi connectivity index (χ1n) is 7.24. The summed E-state index contributed by atoms with van der Waals surface area (Å²) in [7, 11) is 0. The van der Waals surface area contributed by atoms with E-state index in [-0.39, 0.29) is 12.0 Å². The Kier molecular flexibility index (Phi) is 4.28. The monoisotopic (exact) mass is 254 g/mol. The maximum Gasteiger partial charge on any atom is 0.237 e. The summed E-state index contributed by atoms with van der Waals surface area (Å²) in [5.74, 6) is 0.374. The van der Waals surface area contributed by atoms with Crippen molar-refractivity contribution in [1.82, 2.24) is 0 Å². The zero-order chi connectivity index (χ0) is 13.2. The highest BCUT2D eigenvalue weighted by atomic mass is 16.5. The first kappa shape index (κ1) is 13.8. The van der Waals surface area contributed by atoms with E-state index in [1.54, 1.807) is 0 Å². The molecule has 2 aliphatic rings. The Morgan fingerprint density at radius 1 is 1.22 bits per heavy atom. The van der Waals surface area contributed by atoms with Crippen molar-refractivity contribution in [3.8, 4) is 0 Å². The van der Waals surface area contributed by atoms with Crippen LogP contribution in [0.2, 0.25) is 0 Å². The molecule has 0 aromatic carbocycles. The minimum atomic E-state index is -0.844. The fraction of sp³-hybridized carbons (Fsp3) is 0.929. The third-order valence-electron chi connectivity index (χ3n) is 4.50. The third-order valence-corrected chi connectivity index (χ3v) is 4.50. The second-order valence-corrected chi connectivity index (χ2v) is 6.27. The van der Waals surface area contributed by atoms with Gasteiger partial charge < -0.3 is 16.2 Å². The highest BCUT2D eigenvalue weighted by molar-refractivity contribution is 5.84. The summed E-state index contributed by atoms with van der Waals surface area (Å²) < 4.78 is 6.16. The van der Waals surface area contributed by atoms with Crippen LogP contribution in [-0.2, 0) is 9.53 Å². The molecule has 4 N–H and O–H groups in total. The van der Waals surface area contributed by atoms with Gasteiger partial charge in [-0.05, 0) is 38.0 Å². The van der Waals surface area contributed by atoms with Gasteiger partial charge in [0, 0.05) is 6.42 Å². The van der Waals surface area contributed by atoms with Crippen LogP contribution in [-0.4, -0.2) is 23.7 Å². The average Bonchev–Trinajstić information content (AvgIpc) is 2.29. The van der Waals surface area contributed by atoms with Gasteiger partial charge in [-0.2, -0.15) is 0 Å². The molecule has 18 heavy (non-hydrogen) atoms. The summed E-state index contributed by atoms with van der Waals surface area (Å²) in [5, 5.41) is 0. The Balaban J connectivity index is 1.87. The molecule has 0 aromatic heterocycles. The van der Waals surface area contributed by atoms with Crippen LogP contribution in [0, 0.1) is 5.92 Å². The molecule has 0 aromatic rings. The van der Waals surface area contributed by atoms with Gasteiger partial charge in [0.25, 0.3) is 0 Å². The highest BCUT2D eigenvalue weighted by Gasteiger charge is 2.39. The molecule has 2 aliphatic carbocycles. The molecule has 0 aliphatic heterocycles. The molecule has 104 valence electrons. The van der Waals surface area contributed by atoms with Crippen molar-refractivity contribution in [2.75, 3.05) is 0 Å². The van der Waals surface area contributed by atoms with Crippen LogP contribution in [0.4, 0.5) is 0 Å². The van der Waals surface area contributed by atoms with Gasteiger partial charge in [0.05, 0.1) is 17.7 Å². The predicted molar refractivity (Wildman–Crippen MR) is 70.9 cm³/mol. The minimum absolute atomic E-state index is 0.117. The lowest BCUT2D eigenvalue weighted by Gasteiger charge is -2.38. The molecule has 0 radical (unpaired) electrons. The molecule has 2 rings (SSSR count). The smallest absolute Gasteiger partial charge is 0.237 e. The summed E-state index contributed by atoms with van der Waals surface area (Å²) >= 11 is 0. The zero-order valence-electron chi connectivity index (χ0n) is 11.4. The second-order valence-electron chi connectivity index (χ2n) is 6.27. The number of hydrogen-bond donors (Lipinski definition) is 2. The van der Waals surface area contributed by atoms with Crippen LogP contribution in [0.25, 0.3) is 0 Å². The lowest BCUT2D eigenvalue weighted by molar-refractivity contribution is -0.128. The molecule has 0 heterocycles. The number of ether oxygens (including phenoxy) is 1. The van der Waals surface area contributed by atoms with E-state index in [9.17, 15) is 4.79 Å². The standard InChI is InChI=1S/C14H26N2O2/c1-10-4-2-5-11(8-10)18-12-6-3-7-14(16,9-12)13(15)17/h10-12H,2-9,16H2,1H3,(H2,15,17). The number of carbonyl (C=O) groups excluding carboxylic acids is 1. The normalized spacial score (nSPS) is 41.6. The maximum absolute atomic E-state index is 11.4. The molecule has 2 saturated carbocycles. The van der Waals surface area contributed by atoms with Crippen molar-refractivity contribution >= 4 is 5.91 Å². The molecule has 0 saturated heterocycles. The lowest BCUT2D eigenvalue weighted by Crippen LogP contribution is -2.56. The summed E-state index contributed by atoms with van der Waals surface area (Å²) in [6.07, 6.45) is 8.56. The van der Waals surface area contributed by atoms with E-state index in [2.05, 4.69) is 6.92 Å². The Morgan fingerprint density at radius 2 is 1.94 bits per heavy atom. The number of amides is 1. The quantitative estimate of drug-likeness (QED) is 0.804. The fourth-order valence-electron chi connectivity index (χ4n) is 3.37. The Morgan fingerprint density at radius 3 is 2.61 bits per heavy atom. The largest absolute Gasteiger partial charge is 0.375 e. The van der Waals surface area contributed by atoms with Crippen molar-refractivity contribution in [3.63, 3.8) is 0 Å². The number of rotatable bonds is 3. The minimum Gasteiger partial charge on any atom is -0.375 e. The van der Waals surface area contributed by atoms with Gasteiger partial charge >= 0.3 is 0 Å². The summed E-state index contributed by atoms with van der Waals surface area (Å²) in [6, 6.07) is 0. The van der Waals surface area contributed by atoms with Gasteiger partial charge in [0.2, 0.25) is 5.91 Å².